The summed E-state index contributed by atoms with van der Waals surface area (Å²) in [5.41, 5.74) is 5.05. The molecule has 38 heavy (non-hydrogen) atoms. The number of carbonyl (C=O) groups is 3. The van der Waals surface area contributed by atoms with Gasteiger partial charge >= 0.3 is 0 Å². The van der Waals surface area contributed by atoms with Crippen LogP contribution < -0.4 is 15.4 Å². The third kappa shape index (κ3) is 6.16. The minimum absolute atomic E-state index is 0.0661. The van der Waals surface area contributed by atoms with E-state index in [-0.39, 0.29) is 24.4 Å². The van der Waals surface area contributed by atoms with E-state index in [1.54, 1.807) is 24.1 Å². The van der Waals surface area contributed by atoms with Crippen molar-refractivity contribution >= 4 is 47.2 Å². The number of fused-ring (bicyclic) bond motifs is 1. The third-order valence-corrected chi connectivity index (χ3v) is 7.33. The van der Waals surface area contributed by atoms with Gasteiger partial charge in [0.1, 0.15) is 5.75 Å². The summed E-state index contributed by atoms with van der Waals surface area (Å²) >= 11 is 5.14. The number of ether oxygens (including phenoxy) is 1. The first kappa shape index (κ1) is 27.2. The van der Waals surface area contributed by atoms with E-state index < -0.39 is 0 Å². The summed E-state index contributed by atoms with van der Waals surface area (Å²) in [6.07, 6.45) is 2.98. The van der Waals surface area contributed by atoms with Gasteiger partial charge in [-0.15, -0.1) is 0 Å². The Morgan fingerprint density at radius 2 is 1.97 bits per heavy atom. The third-order valence-electron chi connectivity index (χ3n) is 7.13. The topological polar surface area (TPSA) is 123 Å². The molecule has 2 heterocycles. The van der Waals surface area contributed by atoms with Gasteiger partial charge in [0.2, 0.25) is 12.3 Å². The molecule has 202 valence electrons. The van der Waals surface area contributed by atoms with Crippen molar-refractivity contribution in [2.75, 3.05) is 45.7 Å². The normalized spacial score (nSPS) is 13.8. The van der Waals surface area contributed by atoms with Crippen LogP contribution in [0.5, 0.6) is 5.75 Å². The Hall–Kier alpha value is -3.86. The summed E-state index contributed by atoms with van der Waals surface area (Å²) in [4.78, 5) is 47.0. The van der Waals surface area contributed by atoms with E-state index in [0.717, 1.165) is 40.0 Å². The van der Waals surface area contributed by atoms with Gasteiger partial charge in [-0.05, 0) is 79.9 Å². The number of nitrogens with one attached hydrogen (secondary N) is 4. The van der Waals surface area contributed by atoms with Crippen LogP contribution in [-0.2, 0) is 16.0 Å². The van der Waals surface area contributed by atoms with Crippen molar-refractivity contribution in [3.05, 3.63) is 51.8 Å². The maximum atomic E-state index is 12.8. The Kier molecular flexibility index (Phi) is 8.67. The minimum atomic E-state index is -0.315. The number of likely N-dealkylation sites (tertiary alicyclic amines) is 1. The number of carbonyl (C=O) groups excluding carboxylic acids is 3. The summed E-state index contributed by atoms with van der Waals surface area (Å²) in [6, 6.07) is 9.41. The predicted molar refractivity (Wildman–Crippen MR) is 149 cm³/mol. The molecule has 1 aliphatic heterocycles. The highest BCUT2D eigenvalue weighted by Crippen LogP contribution is 2.24. The Morgan fingerprint density at radius 3 is 2.66 bits per heavy atom. The van der Waals surface area contributed by atoms with Gasteiger partial charge in [-0.1, -0.05) is 0 Å². The van der Waals surface area contributed by atoms with Crippen molar-refractivity contribution < 1.29 is 19.1 Å². The van der Waals surface area contributed by atoms with Crippen LogP contribution in [0.25, 0.3) is 11.0 Å². The van der Waals surface area contributed by atoms with Crippen LogP contribution in [-0.4, -0.2) is 84.4 Å². The van der Waals surface area contributed by atoms with Gasteiger partial charge in [-0.25, -0.2) is 0 Å². The highest BCUT2D eigenvalue weighted by Gasteiger charge is 2.26. The van der Waals surface area contributed by atoms with Crippen molar-refractivity contribution in [2.24, 2.45) is 0 Å². The van der Waals surface area contributed by atoms with Gasteiger partial charge < -0.3 is 35.1 Å². The predicted octanol–water partition coefficient (Wildman–Crippen LogP) is 3.01. The number of aryl methyl sites for hydroxylation is 1. The minimum Gasteiger partial charge on any atom is -0.497 e. The maximum absolute atomic E-state index is 12.8. The molecule has 1 saturated heterocycles. The van der Waals surface area contributed by atoms with Crippen LogP contribution in [0, 0.1) is 11.7 Å². The first-order valence-corrected chi connectivity index (χ1v) is 13.1. The van der Waals surface area contributed by atoms with Crippen molar-refractivity contribution in [1.29, 1.82) is 0 Å². The smallest absolute Gasteiger partial charge is 0.251 e. The average Bonchev–Trinajstić information content (AvgIpc) is 3.32. The zero-order chi connectivity index (χ0) is 27.2. The fourth-order valence-electron chi connectivity index (χ4n) is 4.99. The molecule has 1 aliphatic rings. The lowest BCUT2D eigenvalue weighted by Crippen LogP contribution is -2.49. The first-order valence-electron chi connectivity index (χ1n) is 12.7. The molecular formula is C27H34N6O4S. The lowest BCUT2D eigenvalue weighted by atomic mass is 10.0. The van der Waals surface area contributed by atoms with Gasteiger partial charge in [0.05, 0.1) is 24.7 Å². The number of aromatic nitrogens is 2. The quantitative estimate of drug-likeness (QED) is 0.233. The molecule has 3 amide bonds. The van der Waals surface area contributed by atoms with Crippen molar-refractivity contribution in [3.63, 3.8) is 0 Å². The van der Waals surface area contributed by atoms with Gasteiger partial charge in [-0.3, -0.25) is 14.4 Å². The Morgan fingerprint density at radius 1 is 1.21 bits per heavy atom. The molecule has 3 aromatic rings. The zero-order valence-electron chi connectivity index (χ0n) is 21.9. The molecular weight excluding hydrogens is 504 g/mol. The lowest BCUT2D eigenvalue weighted by Gasteiger charge is -2.37. The van der Waals surface area contributed by atoms with Crippen LogP contribution in [0.3, 0.4) is 0 Å². The number of amides is 3. The summed E-state index contributed by atoms with van der Waals surface area (Å²) in [6.45, 7) is 3.47. The van der Waals surface area contributed by atoms with Gasteiger partial charge in [-0.2, -0.15) is 0 Å². The number of benzene rings is 2. The average molecular weight is 539 g/mol. The number of anilines is 1. The summed E-state index contributed by atoms with van der Waals surface area (Å²) in [5.74, 6) is 0.326. The van der Waals surface area contributed by atoms with Crippen LogP contribution in [0.1, 0.15) is 34.3 Å². The second kappa shape index (κ2) is 12.1. The monoisotopic (exact) mass is 538 g/mol. The van der Waals surface area contributed by atoms with Crippen LogP contribution in [0.15, 0.2) is 30.3 Å². The molecule has 0 aliphatic carbocycles. The second-order valence-corrected chi connectivity index (χ2v) is 9.86. The Labute approximate surface area is 226 Å². The highest BCUT2D eigenvalue weighted by molar-refractivity contribution is 7.71. The number of hydrogen-bond donors (Lipinski definition) is 4. The lowest BCUT2D eigenvalue weighted by molar-refractivity contribution is -0.132. The van der Waals surface area contributed by atoms with Crippen molar-refractivity contribution in [2.45, 2.75) is 32.2 Å². The molecule has 1 aromatic heterocycles. The Balaban J connectivity index is 1.27. The van der Waals surface area contributed by atoms with Gasteiger partial charge in [0.15, 0.2) is 4.77 Å². The number of imidazole rings is 1. The molecule has 4 N–H and O–H groups in total. The molecule has 2 aromatic carbocycles. The number of rotatable bonds is 10. The molecule has 0 radical (unpaired) electrons. The first-order chi connectivity index (χ1) is 18.3. The standard InChI is InChI=1S/C27H34N6O4S/c1-17-12-19(14-23-25(17)31-27(38)30-23)26(36)29-15-24(35)32-10-7-20(8-11-32)33(16-34)9-6-18-13-21(37-3)4-5-22(18)28-2/h4-5,12-14,16,20,28H,6-11,15H2,1-3H3,(H,29,36)(H2,30,31,38). The fourth-order valence-corrected chi connectivity index (χ4v) is 5.20. The summed E-state index contributed by atoms with van der Waals surface area (Å²) in [7, 11) is 3.50. The van der Waals surface area contributed by atoms with E-state index in [1.165, 1.54) is 0 Å². The molecule has 0 bridgehead atoms. The Bertz CT molecular complexity index is 1380. The molecule has 4 rings (SSSR count). The molecule has 1 fully saturated rings. The van der Waals surface area contributed by atoms with E-state index in [0.29, 0.717) is 49.2 Å². The zero-order valence-corrected chi connectivity index (χ0v) is 22.7. The number of piperidine rings is 1. The van der Waals surface area contributed by atoms with Crippen LogP contribution in [0.2, 0.25) is 0 Å². The fraction of sp³-hybridized carbons (Fsp3) is 0.407. The van der Waals surface area contributed by atoms with E-state index in [1.807, 2.05) is 37.1 Å². The summed E-state index contributed by atoms with van der Waals surface area (Å²) < 4.78 is 5.84. The number of methoxy groups -OCH3 is 1. The number of nitrogens with zero attached hydrogens (tertiary/aromatic N) is 2. The largest absolute Gasteiger partial charge is 0.497 e. The molecule has 10 nitrogen and oxygen atoms in total. The molecule has 0 spiro atoms. The molecule has 0 saturated carbocycles. The summed E-state index contributed by atoms with van der Waals surface area (Å²) in [5, 5.41) is 5.92. The van der Waals surface area contributed by atoms with Gasteiger partial charge in [0, 0.05) is 44.0 Å². The van der Waals surface area contributed by atoms with Crippen LogP contribution >= 0.6 is 12.2 Å². The van der Waals surface area contributed by atoms with Gasteiger partial charge in [0.25, 0.3) is 5.91 Å². The van der Waals surface area contributed by atoms with Crippen molar-refractivity contribution in [3.8, 4) is 5.75 Å². The highest BCUT2D eigenvalue weighted by atomic mass is 32.1. The molecule has 0 atom stereocenters. The molecule has 0 unspecified atom stereocenters. The van der Waals surface area contributed by atoms with Crippen LogP contribution in [0.4, 0.5) is 5.69 Å². The SMILES string of the molecule is CNc1ccc(OC)cc1CCN(C=O)C1CCN(C(=O)CNC(=O)c2cc(C)c3[nH]c(=S)[nH]c3c2)CC1. The molecule has 11 heteroatoms. The number of H-pyrrole nitrogens is 2. The second-order valence-electron chi connectivity index (χ2n) is 9.46. The van der Waals surface area contributed by atoms with E-state index in [4.69, 9.17) is 17.0 Å². The number of aromatic amines is 2. The number of hydrogen-bond acceptors (Lipinski definition) is 6. The van der Waals surface area contributed by atoms with E-state index in [9.17, 15) is 14.4 Å². The van der Waals surface area contributed by atoms with Crippen molar-refractivity contribution in [1.82, 2.24) is 25.1 Å². The van der Waals surface area contributed by atoms with E-state index in [2.05, 4.69) is 20.6 Å². The van der Waals surface area contributed by atoms with E-state index >= 15 is 0 Å². The maximum Gasteiger partial charge on any atom is 0.251 e.